The Morgan fingerprint density at radius 2 is 1.74 bits per heavy atom. The minimum absolute atomic E-state index is 0.209. The first-order valence-electron chi connectivity index (χ1n) is 8.87. The monoisotopic (exact) mass is 368 g/mol. The third-order valence-electron chi connectivity index (χ3n) is 4.93. The highest BCUT2D eigenvalue weighted by atomic mass is 19.1. The molecule has 1 saturated heterocycles. The summed E-state index contributed by atoms with van der Waals surface area (Å²) in [5.74, 6) is 0.848. The van der Waals surface area contributed by atoms with Crippen molar-refractivity contribution in [1.29, 1.82) is 0 Å². The Balaban J connectivity index is 1.93. The number of hydrogen-bond donors (Lipinski definition) is 0. The lowest BCUT2D eigenvalue weighted by atomic mass is 10.2. The summed E-state index contributed by atoms with van der Waals surface area (Å²) in [7, 11) is 3.67. The maximum absolute atomic E-state index is 13.7. The van der Waals surface area contributed by atoms with Crippen LogP contribution in [0.2, 0.25) is 0 Å². The van der Waals surface area contributed by atoms with Gasteiger partial charge in [0.05, 0.1) is 23.7 Å². The Morgan fingerprint density at radius 1 is 1.04 bits per heavy atom. The molecular weight excluding hydrogens is 347 g/mol. The average molecular weight is 368 g/mol. The summed E-state index contributed by atoms with van der Waals surface area (Å²) in [6, 6.07) is 11.4. The van der Waals surface area contributed by atoms with Crippen LogP contribution < -0.4 is 15.2 Å². The van der Waals surface area contributed by atoms with Crippen LogP contribution in [-0.4, -0.2) is 54.8 Å². The van der Waals surface area contributed by atoms with E-state index in [1.807, 2.05) is 24.3 Å². The zero-order valence-corrected chi connectivity index (χ0v) is 15.4. The van der Waals surface area contributed by atoms with Gasteiger partial charge in [0.1, 0.15) is 11.6 Å². The average Bonchev–Trinajstić information content (AvgIpc) is 2.68. The summed E-state index contributed by atoms with van der Waals surface area (Å²) < 4.78 is 20.5. The number of ether oxygens (including phenoxy) is 1. The largest absolute Gasteiger partial charge is 0.497 e. The van der Waals surface area contributed by atoms with E-state index in [2.05, 4.69) is 21.8 Å². The lowest BCUT2D eigenvalue weighted by molar-refractivity contribution is 0.310. The maximum atomic E-state index is 13.7. The molecule has 0 aliphatic carbocycles. The fourth-order valence-corrected chi connectivity index (χ4v) is 3.33. The van der Waals surface area contributed by atoms with Gasteiger partial charge in [-0.15, -0.1) is 0 Å². The molecule has 1 aromatic heterocycles. The molecule has 0 unspecified atom stereocenters. The molecule has 0 amide bonds. The summed E-state index contributed by atoms with van der Waals surface area (Å²) in [6.07, 6.45) is 0. The number of fused-ring (bicyclic) bond motifs is 1. The zero-order chi connectivity index (χ0) is 19.0. The van der Waals surface area contributed by atoms with Crippen molar-refractivity contribution in [2.75, 3.05) is 45.2 Å². The number of likely N-dealkylation sites (N-methyl/N-ethyl adjacent to an activating group) is 1. The number of benzene rings is 2. The third-order valence-corrected chi connectivity index (χ3v) is 4.93. The van der Waals surface area contributed by atoms with Gasteiger partial charge >= 0.3 is 0 Å². The molecule has 0 saturated carbocycles. The summed E-state index contributed by atoms with van der Waals surface area (Å²) in [4.78, 5) is 22.2. The van der Waals surface area contributed by atoms with Crippen LogP contribution in [0.3, 0.4) is 0 Å². The predicted octanol–water partition coefficient (Wildman–Crippen LogP) is 2.29. The van der Waals surface area contributed by atoms with Gasteiger partial charge in [-0.25, -0.2) is 13.9 Å². The predicted molar refractivity (Wildman–Crippen MR) is 104 cm³/mol. The number of methoxy groups -OCH3 is 1. The molecule has 27 heavy (non-hydrogen) atoms. The van der Waals surface area contributed by atoms with Gasteiger partial charge in [0.2, 0.25) is 5.95 Å². The van der Waals surface area contributed by atoms with Crippen molar-refractivity contribution in [1.82, 2.24) is 14.5 Å². The van der Waals surface area contributed by atoms with E-state index in [0.717, 1.165) is 26.2 Å². The Hall–Kier alpha value is -2.93. The number of nitrogens with zero attached hydrogens (tertiary/aromatic N) is 4. The molecule has 1 aliphatic rings. The van der Waals surface area contributed by atoms with Crippen molar-refractivity contribution in [3.63, 3.8) is 0 Å². The van der Waals surface area contributed by atoms with Gasteiger partial charge < -0.3 is 14.5 Å². The Kier molecular flexibility index (Phi) is 4.53. The van der Waals surface area contributed by atoms with Crippen LogP contribution in [0.4, 0.5) is 10.3 Å². The van der Waals surface area contributed by atoms with E-state index in [1.165, 1.54) is 18.2 Å². The molecule has 0 spiro atoms. The van der Waals surface area contributed by atoms with Gasteiger partial charge in [0, 0.05) is 32.2 Å². The topological polar surface area (TPSA) is 50.6 Å². The van der Waals surface area contributed by atoms with E-state index < -0.39 is 5.82 Å². The number of hydrogen-bond acceptors (Lipinski definition) is 5. The maximum Gasteiger partial charge on any atom is 0.267 e. The molecule has 6 nitrogen and oxygen atoms in total. The number of piperazine rings is 1. The number of rotatable bonds is 3. The first-order valence-corrected chi connectivity index (χ1v) is 8.87. The zero-order valence-electron chi connectivity index (χ0n) is 15.4. The van der Waals surface area contributed by atoms with E-state index in [-0.39, 0.29) is 5.56 Å². The van der Waals surface area contributed by atoms with Gasteiger partial charge in [-0.2, -0.15) is 0 Å². The van der Waals surface area contributed by atoms with Gasteiger partial charge in [-0.3, -0.25) is 4.79 Å². The van der Waals surface area contributed by atoms with Crippen molar-refractivity contribution >= 4 is 16.9 Å². The molecule has 140 valence electrons. The molecule has 0 N–H and O–H groups in total. The molecule has 1 fully saturated rings. The van der Waals surface area contributed by atoms with E-state index in [9.17, 15) is 9.18 Å². The highest BCUT2D eigenvalue weighted by molar-refractivity contribution is 5.79. The van der Waals surface area contributed by atoms with Gasteiger partial charge in [-0.1, -0.05) is 0 Å². The molecule has 0 radical (unpaired) electrons. The molecule has 3 aromatic rings. The van der Waals surface area contributed by atoms with E-state index >= 15 is 0 Å². The van der Waals surface area contributed by atoms with Gasteiger partial charge in [-0.05, 0) is 43.4 Å². The summed E-state index contributed by atoms with van der Waals surface area (Å²) >= 11 is 0. The molecule has 7 heteroatoms. The van der Waals surface area contributed by atoms with Crippen molar-refractivity contribution in [2.45, 2.75) is 0 Å². The summed E-state index contributed by atoms with van der Waals surface area (Å²) in [6.45, 7) is 3.25. The second kappa shape index (κ2) is 7.00. The normalized spacial score (nSPS) is 15.3. The van der Waals surface area contributed by atoms with Crippen molar-refractivity contribution < 1.29 is 9.13 Å². The standard InChI is InChI=1S/C20H21FN4O2/c1-23-9-11-24(12-10-23)20-22-18-13-14(21)3-8-17(18)19(26)25(20)15-4-6-16(27-2)7-5-15/h3-8,13H,9-12H2,1-2H3. The van der Waals surface area contributed by atoms with E-state index in [0.29, 0.717) is 28.3 Å². The number of aromatic nitrogens is 2. The minimum atomic E-state index is -0.402. The first kappa shape index (κ1) is 17.5. The lowest BCUT2D eigenvalue weighted by Crippen LogP contribution is -2.46. The number of halogens is 1. The Labute approximate surface area is 156 Å². The third kappa shape index (κ3) is 3.26. The Bertz CT molecular complexity index is 1020. The van der Waals surface area contributed by atoms with E-state index in [1.54, 1.807) is 11.7 Å². The second-order valence-electron chi connectivity index (χ2n) is 6.70. The highest BCUT2D eigenvalue weighted by Gasteiger charge is 2.22. The molecule has 1 aliphatic heterocycles. The summed E-state index contributed by atoms with van der Waals surface area (Å²) in [5.41, 5.74) is 0.867. The molecule has 2 aromatic carbocycles. The second-order valence-corrected chi connectivity index (χ2v) is 6.70. The fourth-order valence-electron chi connectivity index (χ4n) is 3.33. The molecule has 2 heterocycles. The van der Waals surface area contributed by atoms with Crippen molar-refractivity contribution in [3.8, 4) is 11.4 Å². The number of anilines is 1. The SMILES string of the molecule is COc1ccc(-n2c(N3CCN(C)CC3)nc3cc(F)ccc3c2=O)cc1. The Morgan fingerprint density at radius 3 is 2.41 bits per heavy atom. The van der Waals surface area contributed by atoms with Crippen LogP contribution in [-0.2, 0) is 0 Å². The van der Waals surface area contributed by atoms with E-state index in [4.69, 9.17) is 4.74 Å². The highest BCUT2D eigenvalue weighted by Crippen LogP contribution is 2.22. The quantitative estimate of drug-likeness (QED) is 0.710. The van der Waals surface area contributed by atoms with Crippen LogP contribution in [0.1, 0.15) is 0 Å². The summed E-state index contributed by atoms with van der Waals surface area (Å²) in [5, 5.41) is 0.394. The van der Waals surface area contributed by atoms with Crippen LogP contribution in [0.5, 0.6) is 5.75 Å². The molecule has 0 bridgehead atoms. The van der Waals surface area contributed by atoms with Crippen molar-refractivity contribution in [2.24, 2.45) is 0 Å². The fraction of sp³-hybridized carbons (Fsp3) is 0.300. The minimum Gasteiger partial charge on any atom is -0.497 e. The smallest absolute Gasteiger partial charge is 0.267 e. The molecule has 4 rings (SSSR count). The van der Waals surface area contributed by atoms with Crippen LogP contribution >= 0.6 is 0 Å². The van der Waals surface area contributed by atoms with Gasteiger partial charge in [0.15, 0.2) is 0 Å². The molecule has 0 atom stereocenters. The molecular formula is C20H21FN4O2. The van der Waals surface area contributed by atoms with Crippen LogP contribution in [0.25, 0.3) is 16.6 Å². The van der Waals surface area contributed by atoms with Gasteiger partial charge in [0.25, 0.3) is 5.56 Å². The van der Waals surface area contributed by atoms with Crippen LogP contribution in [0.15, 0.2) is 47.3 Å². The lowest BCUT2D eigenvalue weighted by Gasteiger charge is -2.34. The first-order chi connectivity index (χ1) is 13.1. The van der Waals surface area contributed by atoms with Crippen molar-refractivity contribution in [3.05, 3.63) is 58.6 Å². The van der Waals surface area contributed by atoms with Crippen LogP contribution in [0, 0.1) is 5.82 Å².